The molecule has 0 fully saturated rings. The van der Waals surface area contributed by atoms with Crippen LogP contribution in [-0.2, 0) is 0 Å². The summed E-state index contributed by atoms with van der Waals surface area (Å²) in [5, 5.41) is 0. The van der Waals surface area contributed by atoms with E-state index in [0.29, 0.717) is 17.7 Å². The van der Waals surface area contributed by atoms with Gasteiger partial charge in [-0.25, -0.2) is 0 Å². The molecule has 0 spiro atoms. The summed E-state index contributed by atoms with van der Waals surface area (Å²) >= 11 is 1.68. The molecular weight excluding hydrogens is 208 g/mol. The number of ketones is 1. The fraction of sp³-hybridized carbons (Fsp3) is 0.417. The van der Waals surface area contributed by atoms with Crippen molar-refractivity contribution < 1.29 is 9.53 Å². The van der Waals surface area contributed by atoms with E-state index >= 15 is 0 Å². The summed E-state index contributed by atoms with van der Waals surface area (Å²) in [5.74, 6) is 1.69. The highest BCUT2D eigenvalue weighted by molar-refractivity contribution is 7.98. The van der Waals surface area contributed by atoms with E-state index in [1.165, 1.54) is 0 Å². The van der Waals surface area contributed by atoms with Gasteiger partial charge in [-0.1, -0.05) is 11.6 Å². The summed E-state index contributed by atoms with van der Waals surface area (Å²) < 4.78 is 5.17. The van der Waals surface area contributed by atoms with Crippen molar-refractivity contribution in [3.63, 3.8) is 0 Å². The molecule has 0 aliphatic rings. The molecule has 2 nitrogen and oxygen atoms in total. The molecule has 1 rings (SSSR count). The Balaban J connectivity index is 2.90. The first kappa shape index (κ1) is 12.1. The van der Waals surface area contributed by atoms with Gasteiger partial charge in [0.25, 0.3) is 0 Å². The topological polar surface area (TPSA) is 26.3 Å². The minimum Gasteiger partial charge on any atom is -0.496 e. The van der Waals surface area contributed by atoms with E-state index in [-0.39, 0.29) is 5.78 Å². The molecule has 0 radical (unpaired) electrons. The van der Waals surface area contributed by atoms with Gasteiger partial charge in [0, 0.05) is 12.2 Å². The van der Waals surface area contributed by atoms with Crippen LogP contribution in [0.1, 0.15) is 22.3 Å². The highest BCUT2D eigenvalue weighted by Crippen LogP contribution is 2.21. The van der Waals surface area contributed by atoms with Gasteiger partial charge in [0.2, 0.25) is 0 Å². The maximum absolute atomic E-state index is 11.8. The zero-order chi connectivity index (χ0) is 11.3. The summed E-state index contributed by atoms with van der Waals surface area (Å²) in [6.45, 7) is 1.98. The lowest BCUT2D eigenvalue weighted by Gasteiger charge is -2.08. The van der Waals surface area contributed by atoms with Crippen LogP contribution in [0.25, 0.3) is 0 Å². The van der Waals surface area contributed by atoms with Gasteiger partial charge in [0.1, 0.15) is 5.75 Å². The lowest BCUT2D eigenvalue weighted by atomic mass is 10.1. The Morgan fingerprint density at radius 3 is 2.80 bits per heavy atom. The number of methoxy groups -OCH3 is 1. The van der Waals surface area contributed by atoms with Gasteiger partial charge in [-0.2, -0.15) is 11.8 Å². The molecule has 0 unspecified atom stereocenters. The Kier molecular flexibility index (Phi) is 4.69. The first-order chi connectivity index (χ1) is 7.19. The van der Waals surface area contributed by atoms with Gasteiger partial charge in [0.05, 0.1) is 12.7 Å². The standard InChI is InChI=1S/C12H16O2S/c1-9-4-5-12(14-2)10(8-9)11(13)6-7-15-3/h4-5,8H,6-7H2,1-3H3. The van der Waals surface area contributed by atoms with Crippen molar-refractivity contribution >= 4 is 17.5 Å². The Hall–Kier alpha value is -0.960. The maximum atomic E-state index is 11.8. The SMILES string of the molecule is COc1ccc(C)cc1C(=O)CCSC. The van der Waals surface area contributed by atoms with Crippen LogP contribution in [0, 0.1) is 6.92 Å². The van der Waals surface area contributed by atoms with E-state index in [9.17, 15) is 4.79 Å². The molecule has 0 aliphatic heterocycles. The molecule has 3 heteroatoms. The lowest BCUT2D eigenvalue weighted by molar-refractivity contribution is 0.0986. The predicted molar refractivity (Wildman–Crippen MR) is 65.1 cm³/mol. The third kappa shape index (κ3) is 3.27. The number of Topliss-reactive ketones (excluding diaryl/α,β-unsaturated/α-hetero) is 1. The summed E-state index contributed by atoms with van der Waals surface area (Å²) in [6.07, 6.45) is 2.57. The van der Waals surface area contributed by atoms with Crippen molar-refractivity contribution in [2.75, 3.05) is 19.1 Å². The third-order valence-electron chi connectivity index (χ3n) is 2.19. The smallest absolute Gasteiger partial charge is 0.167 e. The number of carbonyl (C=O) groups is 1. The number of ether oxygens (including phenoxy) is 1. The van der Waals surface area contributed by atoms with Crippen LogP contribution in [0.15, 0.2) is 18.2 Å². The number of benzene rings is 1. The number of hydrogen-bond donors (Lipinski definition) is 0. The van der Waals surface area contributed by atoms with Crippen LogP contribution in [0.4, 0.5) is 0 Å². The van der Waals surface area contributed by atoms with Crippen LogP contribution in [0.3, 0.4) is 0 Å². The summed E-state index contributed by atoms with van der Waals surface area (Å²) in [6, 6.07) is 5.69. The van der Waals surface area contributed by atoms with Crippen molar-refractivity contribution in [3.8, 4) is 5.75 Å². The highest BCUT2D eigenvalue weighted by atomic mass is 32.2. The minimum absolute atomic E-state index is 0.157. The van der Waals surface area contributed by atoms with Crippen LogP contribution in [0.5, 0.6) is 5.75 Å². The van der Waals surface area contributed by atoms with E-state index in [1.54, 1.807) is 18.9 Å². The Labute approximate surface area is 95.0 Å². The Morgan fingerprint density at radius 1 is 1.47 bits per heavy atom. The molecule has 0 amide bonds. The van der Waals surface area contributed by atoms with Gasteiger partial charge >= 0.3 is 0 Å². The van der Waals surface area contributed by atoms with E-state index in [0.717, 1.165) is 11.3 Å². The molecule has 0 heterocycles. The van der Waals surface area contributed by atoms with E-state index in [2.05, 4.69) is 0 Å². The highest BCUT2D eigenvalue weighted by Gasteiger charge is 2.11. The van der Waals surface area contributed by atoms with Crippen molar-refractivity contribution in [3.05, 3.63) is 29.3 Å². The fourth-order valence-electron chi connectivity index (χ4n) is 1.37. The zero-order valence-corrected chi connectivity index (χ0v) is 10.2. The van der Waals surface area contributed by atoms with Crippen molar-refractivity contribution in [2.45, 2.75) is 13.3 Å². The summed E-state index contributed by atoms with van der Waals surface area (Å²) in [5.41, 5.74) is 1.79. The number of rotatable bonds is 5. The quantitative estimate of drug-likeness (QED) is 0.719. The lowest BCUT2D eigenvalue weighted by Crippen LogP contribution is -2.03. The van der Waals surface area contributed by atoms with Crippen LogP contribution in [-0.4, -0.2) is 24.9 Å². The molecule has 0 aromatic heterocycles. The molecule has 0 N–H and O–H groups in total. The second-order valence-electron chi connectivity index (χ2n) is 3.37. The van der Waals surface area contributed by atoms with E-state index < -0.39 is 0 Å². The van der Waals surface area contributed by atoms with Gasteiger partial charge in [-0.3, -0.25) is 4.79 Å². The summed E-state index contributed by atoms with van der Waals surface area (Å²) in [7, 11) is 1.59. The summed E-state index contributed by atoms with van der Waals surface area (Å²) in [4.78, 5) is 11.8. The Bertz CT molecular complexity index is 347. The van der Waals surface area contributed by atoms with Crippen LogP contribution in [0.2, 0.25) is 0 Å². The molecule has 0 saturated heterocycles. The molecule has 82 valence electrons. The zero-order valence-electron chi connectivity index (χ0n) is 9.37. The molecule has 1 aromatic carbocycles. The second-order valence-corrected chi connectivity index (χ2v) is 4.36. The number of thioether (sulfide) groups is 1. The first-order valence-electron chi connectivity index (χ1n) is 4.86. The molecule has 0 aliphatic carbocycles. The average molecular weight is 224 g/mol. The number of aryl methyl sites for hydroxylation is 1. The molecule has 1 aromatic rings. The van der Waals surface area contributed by atoms with Gasteiger partial charge in [-0.15, -0.1) is 0 Å². The average Bonchev–Trinajstić information content (AvgIpc) is 2.25. The first-order valence-corrected chi connectivity index (χ1v) is 6.25. The normalized spacial score (nSPS) is 10.1. The van der Waals surface area contributed by atoms with Crippen LogP contribution >= 0.6 is 11.8 Å². The fourth-order valence-corrected chi connectivity index (χ4v) is 1.76. The second kappa shape index (κ2) is 5.81. The predicted octanol–water partition coefficient (Wildman–Crippen LogP) is 2.94. The number of hydrogen-bond acceptors (Lipinski definition) is 3. The van der Waals surface area contributed by atoms with Gasteiger partial charge in [-0.05, 0) is 25.3 Å². The number of carbonyl (C=O) groups excluding carboxylic acids is 1. The van der Waals surface area contributed by atoms with E-state index in [1.807, 2.05) is 31.4 Å². The van der Waals surface area contributed by atoms with Crippen molar-refractivity contribution in [1.29, 1.82) is 0 Å². The Morgan fingerprint density at radius 2 is 2.20 bits per heavy atom. The molecule has 0 bridgehead atoms. The maximum Gasteiger partial charge on any atom is 0.167 e. The van der Waals surface area contributed by atoms with Gasteiger partial charge < -0.3 is 4.74 Å². The van der Waals surface area contributed by atoms with E-state index in [4.69, 9.17) is 4.74 Å². The monoisotopic (exact) mass is 224 g/mol. The minimum atomic E-state index is 0.157. The molecule has 0 atom stereocenters. The third-order valence-corrected chi connectivity index (χ3v) is 2.80. The molecular formula is C12H16O2S. The van der Waals surface area contributed by atoms with Gasteiger partial charge in [0.15, 0.2) is 5.78 Å². The van der Waals surface area contributed by atoms with Crippen molar-refractivity contribution in [1.82, 2.24) is 0 Å². The van der Waals surface area contributed by atoms with Crippen LogP contribution < -0.4 is 4.74 Å². The largest absolute Gasteiger partial charge is 0.496 e. The molecule has 0 saturated carbocycles. The van der Waals surface area contributed by atoms with Crippen molar-refractivity contribution in [2.24, 2.45) is 0 Å². The molecule has 15 heavy (non-hydrogen) atoms.